The number of fused-ring (bicyclic) bond motifs is 2. The zero-order valence-electron chi connectivity index (χ0n) is 19.0. The first kappa shape index (κ1) is 20.8. The van der Waals surface area contributed by atoms with E-state index in [2.05, 4.69) is 29.8 Å². The number of anilines is 1. The van der Waals surface area contributed by atoms with Gasteiger partial charge in [0, 0.05) is 68.3 Å². The van der Waals surface area contributed by atoms with E-state index < -0.39 is 0 Å². The summed E-state index contributed by atoms with van der Waals surface area (Å²) >= 11 is 0. The molecule has 7 nitrogen and oxygen atoms in total. The molecular formula is C25H31N5O2. The van der Waals surface area contributed by atoms with Crippen molar-refractivity contribution in [2.75, 3.05) is 24.5 Å². The Morgan fingerprint density at radius 1 is 1.16 bits per heavy atom. The molecule has 7 heteroatoms. The Labute approximate surface area is 188 Å². The lowest BCUT2D eigenvalue weighted by molar-refractivity contribution is -0.132. The monoisotopic (exact) mass is 433 g/mol. The number of piperidine rings is 1. The van der Waals surface area contributed by atoms with Crippen LogP contribution >= 0.6 is 0 Å². The SMILES string of the molecule is CC1CCN(C(=O)CCCN2C(=O)CCn3nc(-c4cn(C)c5ccccc45)cc32)CC1. The minimum atomic E-state index is 0.112. The zero-order valence-corrected chi connectivity index (χ0v) is 19.0. The van der Waals surface area contributed by atoms with E-state index in [9.17, 15) is 9.59 Å². The Morgan fingerprint density at radius 3 is 2.75 bits per heavy atom. The third-order valence-corrected chi connectivity index (χ3v) is 6.96. The van der Waals surface area contributed by atoms with Crippen molar-refractivity contribution in [2.24, 2.45) is 13.0 Å². The highest BCUT2D eigenvalue weighted by molar-refractivity contribution is 5.98. The molecule has 0 atom stereocenters. The van der Waals surface area contributed by atoms with Gasteiger partial charge in [0.05, 0.1) is 12.2 Å². The Bertz CT molecular complexity index is 1150. The van der Waals surface area contributed by atoms with Crippen LogP contribution in [-0.2, 0) is 23.2 Å². The molecule has 168 valence electrons. The summed E-state index contributed by atoms with van der Waals surface area (Å²) in [7, 11) is 2.04. The maximum Gasteiger partial charge on any atom is 0.229 e. The van der Waals surface area contributed by atoms with Crippen LogP contribution in [0, 0.1) is 5.92 Å². The predicted molar refractivity (Wildman–Crippen MR) is 125 cm³/mol. The molecule has 1 aromatic carbocycles. The van der Waals surface area contributed by atoms with Crippen LogP contribution in [0.4, 0.5) is 5.82 Å². The maximum absolute atomic E-state index is 12.7. The van der Waals surface area contributed by atoms with Crippen LogP contribution in [0.5, 0.6) is 0 Å². The van der Waals surface area contributed by atoms with Gasteiger partial charge >= 0.3 is 0 Å². The summed E-state index contributed by atoms with van der Waals surface area (Å²) in [4.78, 5) is 29.1. The highest BCUT2D eigenvalue weighted by Crippen LogP contribution is 2.33. The molecule has 0 N–H and O–H groups in total. The summed E-state index contributed by atoms with van der Waals surface area (Å²) in [5.41, 5.74) is 3.12. The molecule has 0 spiro atoms. The Kier molecular flexibility index (Phi) is 5.49. The van der Waals surface area contributed by atoms with Gasteiger partial charge in [0.15, 0.2) is 0 Å². The Hall–Kier alpha value is -3.09. The number of hydrogen-bond donors (Lipinski definition) is 0. The van der Waals surface area contributed by atoms with E-state index in [-0.39, 0.29) is 11.8 Å². The highest BCUT2D eigenvalue weighted by atomic mass is 16.2. The van der Waals surface area contributed by atoms with Crippen LogP contribution in [0.15, 0.2) is 36.5 Å². The van der Waals surface area contributed by atoms with Crippen LogP contribution in [0.1, 0.15) is 39.0 Å². The fraction of sp³-hybridized carbons (Fsp3) is 0.480. The molecule has 0 radical (unpaired) electrons. The molecule has 5 rings (SSSR count). The number of nitrogens with zero attached hydrogens (tertiary/aromatic N) is 5. The molecule has 0 bridgehead atoms. The molecule has 0 saturated carbocycles. The van der Waals surface area contributed by atoms with Gasteiger partial charge in [0.2, 0.25) is 11.8 Å². The fourth-order valence-corrected chi connectivity index (χ4v) is 4.97. The summed E-state index contributed by atoms with van der Waals surface area (Å²) in [5, 5.41) is 5.98. The molecular weight excluding hydrogens is 402 g/mol. The second-order valence-corrected chi connectivity index (χ2v) is 9.24. The van der Waals surface area contributed by atoms with E-state index in [0.717, 1.165) is 53.9 Å². The summed E-state index contributed by atoms with van der Waals surface area (Å²) in [6.45, 7) is 5.13. The quantitative estimate of drug-likeness (QED) is 0.615. The van der Waals surface area contributed by atoms with Gasteiger partial charge in [-0.2, -0.15) is 5.10 Å². The van der Waals surface area contributed by atoms with Crippen LogP contribution in [0.2, 0.25) is 0 Å². The second kappa shape index (κ2) is 8.45. The number of para-hydroxylation sites is 1. The average molecular weight is 434 g/mol. The molecule has 3 aromatic rings. The third kappa shape index (κ3) is 3.80. The fourth-order valence-electron chi connectivity index (χ4n) is 4.97. The number of amides is 2. The molecule has 32 heavy (non-hydrogen) atoms. The predicted octanol–water partition coefficient (Wildman–Crippen LogP) is 3.82. The standard InChI is InChI=1S/C25H31N5O2/c1-18-9-13-28(14-10-18)24(31)8-5-12-29-23-16-21(26-30(23)15-11-25(29)32)20-17-27(2)22-7-4-3-6-19(20)22/h3-4,6-7,16-18H,5,8-15H2,1-2H3. The van der Waals surface area contributed by atoms with Crippen LogP contribution in [-0.4, -0.2) is 50.7 Å². The summed E-state index contributed by atoms with van der Waals surface area (Å²) in [5.74, 6) is 1.87. The lowest BCUT2D eigenvalue weighted by atomic mass is 9.99. The first-order chi connectivity index (χ1) is 15.5. The summed E-state index contributed by atoms with van der Waals surface area (Å²) in [6, 6.07) is 10.3. The summed E-state index contributed by atoms with van der Waals surface area (Å²) in [6.07, 6.45) is 5.89. The van der Waals surface area contributed by atoms with Gasteiger partial charge in [-0.05, 0) is 31.2 Å². The van der Waals surface area contributed by atoms with Crippen molar-refractivity contribution >= 4 is 28.5 Å². The van der Waals surface area contributed by atoms with E-state index in [0.29, 0.717) is 38.3 Å². The number of benzene rings is 1. The molecule has 4 heterocycles. The molecule has 0 unspecified atom stereocenters. The molecule has 2 aliphatic rings. The number of carbonyl (C=O) groups is 2. The molecule has 1 fully saturated rings. The average Bonchev–Trinajstić information content (AvgIpc) is 3.37. The number of carbonyl (C=O) groups excluding carboxylic acids is 2. The minimum absolute atomic E-state index is 0.112. The normalized spacial score (nSPS) is 17.2. The second-order valence-electron chi connectivity index (χ2n) is 9.24. The lowest BCUT2D eigenvalue weighted by Crippen LogP contribution is -2.40. The van der Waals surface area contributed by atoms with E-state index >= 15 is 0 Å². The lowest BCUT2D eigenvalue weighted by Gasteiger charge is -2.31. The van der Waals surface area contributed by atoms with E-state index in [1.165, 1.54) is 0 Å². The van der Waals surface area contributed by atoms with Crippen LogP contribution < -0.4 is 4.90 Å². The van der Waals surface area contributed by atoms with Gasteiger partial charge in [-0.25, -0.2) is 4.68 Å². The van der Waals surface area contributed by atoms with Crippen molar-refractivity contribution < 1.29 is 9.59 Å². The number of aryl methyl sites for hydroxylation is 2. The molecule has 0 aliphatic carbocycles. The van der Waals surface area contributed by atoms with Crippen molar-refractivity contribution in [3.05, 3.63) is 36.5 Å². The molecule has 2 aromatic heterocycles. The zero-order chi connectivity index (χ0) is 22.2. The number of aromatic nitrogens is 3. The minimum Gasteiger partial charge on any atom is -0.350 e. The number of rotatable bonds is 5. The Morgan fingerprint density at radius 2 is 1.94 bits per heavy atom. The van der Waals surface area contributed by atoms with Crippen molar-refractivity contribution in [1.82, 2.24) is 19.2 Å². The third-order valence-electron chi connectivity index (χ3n) is 6.96. The number of hydrogen-bond acceptors (Lipinski definition) is 3. The number of likely N-dealkylation sites (tertiary alicyclic amines) is 1. The molecule has 2 amide bonds. The van der Waals surface area contributed by atoms with Crippen molar-refractivity contribution in [3.63, 3.8) is 0 Å². The first-order valence-electron chi connectivity index (χ1n) is 11.7. The van der Waals surface area contributed by atoms with E-state index in [1.54, 1.807) is 0 Å². The maximum atomic E-state index is 12.7. The van der Waals surface area contributed by atoms with Gasteiger partial charge in [0.1, 0.15) is 5.82 Å². The van der Waals surface area contributed by atoms with Gasteiger partial charge in [-0.15, -0.1) is 0 Å². The Balaban J connectivity index is 1.31. The van der Waals surface area contributed by atoms with Gasteiger partial charge in [0.25, 0.3) is 0 Å². The van der Waals surface area contributed by atoms with E-state index in [1.807, 2.05) is 39.7 Å². The molecule has 1 saturated heterocycles. The highest BCUT2D eigenvalue weighted by Gasteiger charge is 2.27. The van der Waals surface area contributed by atoms with Gasteiger partial charge < -0.3 is 9.47 Å². The first-order valence-corrected chi connectivity index (χ1v) is 11.7. The largest absolute Gasteiger partial charge is 0.350 e. The van der Waals surface area contributed by atoms with Crippen molar-refractivity contribution in [3.8, 4) is 11.3 Å². The summed E-state index contributed by atoms with van der Waals surface area (Å²) < 4.78 is 4.05. The van der Waals surface area contributed by atoms with Crippen LogP contribution in [0.3, 0.4) is 0 Å². The smallest absolute Gasteiger partial charge is 0.229 e. The van der Waals surface area contributed by atoms with E-state index in [4.69, 9.17) is 5.10 Å². The van der Waals surface area contributed by atoms with Gasteiger partial charge in [-0.3, -0.25) is 14.5 Å². The van der Waals surface area contributed by atoms with Crippen LogP contribution in [0.25, 0.3) is 22.2 Å². The topological polar surface area (TPSA) is 63.4 Å². The van der Waals surface area contributed by atoms with Gasteiger partial charge in [-0.1, -0.05) is 25.1 Å². The van der Waals surface area contributed by atoms with Crippen molar-refractivity contribution in [1.29, 1.82) is 0 Å². The molecule has 2 aliphatic heterocycles. The van der Waals surface area contributed by atoms with Crippen molar-refractivity contribution in [2.45, 2.75) is 45.6 Å².